The van der Waals surface area contributed by atoms with E-state index in [0.29, 0.717) is 11.4 Å². The lowest BCUT2D eigenvalue weighted by Gasteiger charge is -2.10. The van der Waals surface area contributed by atoms with Crippen LogP contribution < -0.4 is 16.0 Å². The summed E-state index contributed by atoms with van der Waals surface area (Å²) in [7, 11) is 0. The quantitative estimate of drug-likeness (QED) is 0.462. The van der Waals surface area contributed by atoms with Crippen LogP contribution in [0.5, 0.6) is 0 Å². The third kappa shape index (κ3) is 6.40. The molecule has 0 bridgehead atoms. The number of aryl methyl sites for hydroxylation is 2. The minimum absolute atomic E-state index is 0.0480. The number of benzene rings is 3. The van der Waals surface area contributed by atoms with Crippen molar-refractivity contribution in [3.63, 3.8) is 0 Å². The van der Waals surface area contributed by atoms with Gasteiger partial charge in [-0.15, -0.1) is 11.8 Å². The molecule has 0 aliphatic heterocycles. The summed E-state index contributed by atoms with van der Waals surface area (Å²) in [6.45, 7) is 3.97. The zero-order chi connectivity index (χ0) is 20.6. The second-order valence-electron chi connectivity index (χ2n) is 6.62. The summed E-state index contributed by atoms with van der Waals surface area (Å²) in [6.07, 6.45) is 0. The number of thioether (sulfide) groups is 1. The molecule has 0 fully saturated rings. The molecule has 6 heteroatoms. The Morgan fingerprint density at radius 3 is 2.14 bits per heavy atom. The molecule has 3 aromatic carbocycles. The van der Waals surface area contributed by atoms with Crippen LogP contribution in [0.3, 0.4) is 0 Å². The Kier molecular flexibility index (Phi) is 6.92. The molecule has 3 N–H and O–H groups in total. The third-order valence-electron chi connectivity index (χ3n) is 4.18. The predicted octanol–water partition coefficient (Wildman–Crippen LogP) is 5.68. The molecular weight excluding hydrogens is 382 g/mol. The lowest BCUT2D eigenvalue weighted by molar-refractivity contribution is -0.113. The van der Waals surface area contributed by atoms with Gasteiger partial charge in [-0.3, -0.25) is 4.79 Å². The van der Waals surface area contributed by atoms with E-state index in [-0.39, 0.29) is 11.9 Å². The summed E-state index contributed by atoms with van der Waals surface area (Å²) in [5.41, 5.74) is 4.41. The first-order chi connectivity index (χ1) is 14.0. The van der Waals surface area contributed by atoms with Crippen LogP contribution in [0.25, 0.3) is 0 Å². The van der Waals surface area contributed by atoms with Crippen molar-refractivity contribution in [3.05, 3.63) is 83.9 Å². The molecule has 5 nitrogen and oxygen atoms in total. The van der Waals surface area contributed by atoms with Gasteiger partial charge in [-0.1, -0.05) is 30.3 Å². The number of amides is 3. The number of para-hydroxylation sites is 1. The second kappa shape index (κ2) is 9.80. The van der Waals surface area contributed by atoms with Gasteiger partial charge in [-0.05, 0) is 67.4 Å². The van der Waals surface area contributed by atoms with Crippen molar-refractivity contribution < 1.29 is 9.59 Å². The minimum Gasteiger partial charge on any atom is -0.325 e. The predicted molar refractivity (Wildman–Crippen MR) is 121 cm³/mol. The van der Waals surface area contributed by atoms with Crippen LogP contribution in [-0.4, -0.2) is 17.7 Å². The average molecular weight is 406 g/mol. The molecule has 0 atom stereocenters. The summed E-state index contributed by atoms with van der Waals surface area (Å²) >= 11 is 1.45. The number of rotatable bonds is 6. The van der Waals surface area contributed by atoms with Gasteiger partial charge in [0.25, 0.3) is 0 Å². The van der Waals surface area contributed by atoms with E-state index in [4.69, 9.17) is 0 Å². The molecular formula is C23H23N3O2S. The fourth-order valence-corrected chi connectivity index (χ4v) is 3.35. The van der Waals surface area contributed by atoms with E-state index in [1.165, 1.54) is 11.8 Å². The number of nitrogens with one attached hydrogen (secondary N) is 3. The Morgan fingerprint density at radius 2 is 1.45 bits per heavy atom. The van der Waals surface area contributed by atoms with Gasteiger partial charge >= 0.3 is 6.03 Å². The zero-order valence-corrected chi connectivity index (χ0v) is 17.2. The van der Waals surface area contributed by atoms with E-state index in [1.54, 1.807) is 0 Å². The van der Waals surface area contributed by atoms with Gasteiger partial charge in [-0.2, -0.15) is 0 Å². The van der Waals surface area contributed by atoms with Crippen molar-refractivity contribution in [2.24, 2.45) is 0 Å². The van der Waals surface area contributed by atoms with Gasteiger partial charge in [0, 0.05) is 22.0 Å². The molecule has 0 aliphatic rings. The standard InChI is InChI=1S/C23H23N3O2S/c1-16-8-9-17(2)21(14-16)26-22(27)15-29-20-12-10-19(11-13-20)25-23(28)24-18-6-4-3-5-7-18/h3-14H,15H2,1-2H3,(H,26,27)(H2,24,25,28). The van der Waals surface area contributed by atoms with E-state index in [1.807, 2.05) is 86.6 Å². The topological polar surface area (TPSA) is 70.2 Å². The van der Waals surface area contributed by atoms with Crippen molar-refractivity contribution in [2.75, 3.05) is 21.7 Å². The van der Waals surface area contributed by atoms with Gasteiger partial charge in [0.1, 0.15) is 0 Å². The van der Waals surface area contributed by atoms with Crippen LogP contribution in [0.1, 0.15) is 11.1 Å². The maximum absolute atomic E-state index is 12.2. The Labute approximate surface area is 174 Å². The van der Waals surface area contributed by atoms with Crippen LogP contribution in [0.15, 0.2) is 77.7 Å². The van der Waals surface area contributed by atoms with E-state index >= 15 is 0 Å². The van der Waals surface area contributed by atoms with Crippen LogP contribution in [0.4, 0.5) is 21.9 Å². The second-order valence-corrected chi connectivity index (χ2v) is 7.67. The zero-order valence-electron chi connectivity index (χ0n) is 16.4. The molecule has 0 saturated heterocycles. The van der Waals surface area contributed by atoms with Crippen LogP contribution >= 0.6 is 11.8 Å². The van der Waals surface area contributed by atoms with Crippen molar-refractivity contribution in [1.29, 1.82) is 0 Å². The number of anilines is 3. The summed E-state index contributed by atoms with van der Waals surface area (Å²) in [5.74, 6) is 0.266. The van der Waals surface area contributed by atoms with E-state index in [0.717, 1.165) is 27.4 Å². The lowest BCUT2D eigenvalue weighted by atomic mass is 10.1. The van der Waals surface area contributed by atoms with Gasteiger partial charge in [0.15, 0.2) is 0 Å². The SMILES string of the molecule is Cc1ccc(C)c(NC(=O)CSc2ccc(NC(=O)Nc3ccccc3)cc2)c1. The van der Waals surface area contributed by atoms with Crippen LogP contribution in [0.2, 0.25) is 0 Å². The van der Waals surface area contributed by atoms with E-state index in [2.05, 4.69) is 16.0 Å². The van der Waals surface area contributed by atoms with Crippen molar-refractivity contribution in [2.45, 2.75) is 18.7 Å². The third-order valence-corrected chi connectivity index (χ3v) is 5.19. The number of carbonyl (C=O) groups is 2. The van der Waals surface area contributed by atoms with Crippen molar-refractivity contribution in [3.8, 4) is 0 Å². The minimum atomic E-state index is -0.301. The Bertz CT molecular complexity index is 989. The summed E-state index contributed by atoms with van der Waals surface area (Å²) < 4.78 is 0. The van der Waals surface area contributed by atoms with Crippen molar-refractivity contribution in [1.82, 2.24) is 0 Å². The highest BCUT2D eigenvalue weighted by Crippen LogP contribution is 2.22. The largest absolute Gasteiger partial charge is 0.325 e. The van der Waals surface area contributed by atoms with Gasteiger partial charge < -0.3 is 16.0 Å². The van der Waals surface area contributed by atoms with Crippen LogP contribution in [0, 0.1) is 13.8 Å². The van der Waals surface area contributed by atoms with Gasteiger partial charge in [-0.25, -0.2) is 4.79 Å². The Hall–Kier alpha value is -3.25. The fourth-order valence-electron chi connectivity index (χ4n) is 2.66. The molecule has 0 radical (unpaired) electrons. The first-order valence-corrected chi connectivity index (χ1v) is 10.2. The Balaban J connectivity index is 1.48. The summed E-state index contributed by atoms with van der Waals surface area (Å²) in [4.78, 5) is 25.2. The lowest BCUT2D eigenvalue weighted by Crippen LogP contribution is -2.19. The molecule has 29 heavy (non-hydrogen) atoms. The van der Waals surface area contributed by atoms with Gasteiger partial charge in [0.2, 0.25) is 5.91 Å². The highest BCUT2D eigenvalue weighted by molar-refractivity contribution is 8.00. The highest BCUT2D eigenvalue weighted by atomic mass is 32.2. The molecule has 0 saturated carbocycles. The summed E-state index contributed by atoms with van der Waals surface area (Å²) in [5, 5.41) is 8.51. The van der Waals surface area contributed by atoms with Crippen molar-refractivity contribution >= 4 is 40.8 Å². The number of hydrogen-bond acceptors (Lipinski definition) is 3. The molecule has 0 aromatic heterocycles. The first-order valence-electron chi connectivity index (χ1n) is 9.22. The highest BCUT2D eigenvalue weighted by Gasteiger charge is 2.07. The monoisotopic (exact) mass is 405 g/mol. The normalized spacial score (nSPS) is 10.3. The van der Waals surface area contributed by atoms with E-state index in [9.17, 15) is 9.59 Å². The molecule has 3 amide bonds. The molecule has 0 aliphatic carbocycles. The van der Waals surface area contributed by atoms with Crippen LogP contribution in [-0.2, 0) is 4.79 Å². The summed E-state index contributed by atoms with van der Waals surface area (Å²) in [6, 6.07) is 22.3. The molecule has 3 aromatic rings. The van der Waals surface area contributed by atoms with E-state index < -0.39 is 0 Å². The molecule has 0 unspecified atom stereocenters. The molecule has 0 heterocycles. The average Bonchev–Trinajstić information content (AvgIpc) is 2.71. The maximum atomic E-state index is 12.2. The first kappa shape index (κ1) is 20.5. The van der Waals surface area contributed by atoms with Gasteiger partial charge in [0.05, 0.1) is 5.75 Å². The molecule has 148 valence electrons. The maximum Gasteiger partial charge on any atom is 0.323 e. The number of carbonyl (C=O) groups excluding carboxylic acids is 2. The fraction of sp³-hybridized carbons (Fsp3) is 0.130. The number of urea groups is 1. The number of hydrogen-bond donors (Lipinski definition) is 3. The Morgan fingerprint density at radius 1 is 0.793 bits per heavy atom. The molecule has 3 rings (SSSR count). The molecule has 0 spiro atoms. The smallest absolute Gasteiger partial charge is 0.323 e.